The van der Waals surface area contributed by atoms with Crippen molar-refractivity contribution in [2.24, 2.45) is 0 Å². The summed E-state index contributed by atoms with van der Waals surface area (Å²) in [5.74, 6) is -0.359. The SMILES string of the molecule is CCCCN1C(=O)/C(=c2\s/c(=C/c3ccc4c(c3)C3CCCC3N4c3ccc(CO)cc3)c(=O)n2CC(=O)OCC)SC1=S. The summed E-state index contributed by atoms with van der Waals surface area (Å²) in [4.78, 5) is 44.1. The Morgan fingerprint density at radius 3 is 2.66 bits per heavy atom. The van der Waals surface area contributed by atoms with Gasteiger partial charge in [0.2, 0.25) is 0 Å². The normalized spacial score (nSPS) is 20.9. The number of thiocarbonyl (C=S) groups is 1. The number of esters is 1. The Morgan fingerprint density at radius 2 is 1.93 bits per heavy atom. The number of hydrogen-bond donors (Lipinski definition) is 1. The van der Waals surface area contributed by atoms with Crippen LogP contribution in [0.15, 0.2) is 47.3 Å². The molecule has 1 aliphatic carbocycles. The number of thioether (sulfide) groups is 1. The van der Waals surface area contributed by atoms with Gasteiger partial charge in [0.05, 0.1) is 17.7 Å². The van der Waals surface area contributed by atoms with Crippen molar-refractivity contribution in [2.75, 3.05) is 18.1 Å². The van der Waals surface area contributed by atoms with E-state index in [-0.39, 0.29) is 31.2 Å². The Balaban J connectivity index is 1.43. The van der Waals surface area contributed by atoms with E-state index in [0.717, 1.165) is 48.9 Å². The summed E-state index contributed by atoms with van der Waals surface area (Å²) in [6, 6.07) is 14.8. The van der Waals surface area contributed by atoms with E-state index in [4.69, 9.17) is 17.0 Å². The predicted octanol–water partition coefficient (Wildman–Crippen LogP) is 4.35. The monoisotopic (exact) mass is 649 g/mol. The van der Waals surface area contributed by atoms with Gasteiger partial charge in [0.1, 0.15) is 20.4 Å². The number of anilines is 2. The number of thiazole rings is 1. The lowest BCUT2D eigenvalue weighted by Crippen LogP contribution is -2.36. The van der Waals surface area contributed by atoms with Gasteiger partial charge in [-0.1, -0.05) is 61.9 Å². The number of aromatic nitrogens is 1. The molecular weight excluding hydrogens is 615 g/mol. The molecule has 1 saturated carbocycles. The van der Waals surface area contributed by atoms with Gasteiger partial charge in [0.15, 0.2) is 0 Å². The van der Waals surface area contributed by atoms with Gasteiger partial charge in [-0.25, -0.2) is 0 Å². The van der Waals surface area contributed by atoms with Gasteiger partial charge in [-0.05, 0) is 73.2 Å². The second kappa shape index (κ2) is 13.0. The highest BCUT2D eigenvalue weighted by Crippen LogP contribution is 2.52. The maximum absolute atomic E-state index is 13.8. The van der Waals surface area contributed by atoms with Crippen LogP contribution in [0, 0.1) is 0 Å². The number of unbranched alkanes of at least 4 members (excludes halogenated alkanes) is 1. The van der Waals surface area contributed by atoms with Gasteiger partial charge in [-0.15, -0.1) is 11.3 Å². The highest BCUT2D eigenvalue weighted by atomic mass is 32.2. The minimum atomic E-state index is -0.529. The highest BCUT2D eigenvalue weighted by Gasteiger charge is 2.42. The molecule has 1 aromatic heterocycles. The Hall–Kier alpha value is -3.25. The van der Waals surface area contributed by atoms with Crippen LogP contribution < -0.4 is 19.7 Å². The number of aliphatic hydroxyl groups excluding tert-OH is 1. The molecular formula is C33H35N3O5S3. The number of nitrogens with zero attached hydrogens (tertiary/aromatic N) is 3. The summed E-state index contributed by atoms with van der Waals surface area (Å²) in [5.41, 5.74) is 5.00. The molecule has 230 valence electrons. The molecule has 2 unspecified atom stereocenters. The predicted molar refractivity (Wildman–Crippen MR) is 180 cm³/mol. The topological polar surface area (TPSA) is 92.1 Å². The van der Waals surface area contributed by atoms with E-state index in [1.165, 1.54) is 38.9 Å². The summed E-state index contributed by atoms with van der Waals surface area (Å²) in [6.07, 6.45) is 6.97. The van der Waals surface area contributed by atoms with Crippen molar-refractivity contribution in [3.63, 3.8) is 0 Å². The molecule has 2 atom stereocenters. The smallest absolute Gasteiger partial charge is 0.326 e. The van der Waals surface area contributed by atoms with Crippen LogP contribution in [0.1, 0.15) is 68.6 Å². The Kier molecular flexibility index (Phi) is 9.09. The third-order valence-corrected chi connectivity index (χ3v) is 11.2. The van der Waals surface area contributed by atoms with Crippen LogP contribution in [-0.2, 0) is 27.5 Å². The van der Waals surface area contributed by atoms with Gasteiger partial charge in [0, 0.05) is 29.9 Å². The van der Waals surface area contributed by atoms with Crippen LogP contribution in [-0.4, -0.2) is 50.0 Å². The molecule has 6 rings (SSSR count). The van der Waals surface area contributed by atoms with Crippen molar-refractivity contribution >= 4 is 73.9 Å². The van der Waals surface area contributed by atoms with E-state index < -0.39 is 5.97 Å². The molecule has 0 radical (unpaired) electrons. The molecule has 1 saturated heterocycles. The zero-order valence-electron chi connectivity index (χ0n) is 24.8. The zero-order chi connectivity index (χ0) is 31.0. The average molecular weight is 650 g/mol. The highest BCUT2D eigenvalue weighted by molar-refractivity contribution is 8.30. The molecule has 11 heteroatoms. The molecule has 2 aliphatic heterocycles. The average Bonchev–Trinajstić information content (AvgIpc) is 3.76. The van der Waals surface area contributed by atoms with Gasteiger partial charge < -0.3 is 14.7 Å². The van der Waals surface area contributed by atoms with E-state index in [1.807, 2.05) is 24.3 Å². The van der Waals surface area contributed by atoms with E-state index >= 15 is 0 Å². The third kappa shape index (κ3) is 5.66. The lowest BCUT2D eigenvalue weighted by Gasteiger charge is -2.27. The van der Waals surface area contributed by atoms with Gasteiger partial charge in [-0.2, -0.15) is 0 Å². The first-order valence-electron chi connectivity index (χ1n) is 15.1. The molecule has 8 nitrogen and oxygen atoms in total. The molecule has 0 bridgehead atoms. The number of ether oxygens (including phenoxy) is 1. The number of carbonyl (C=O) groups excluding carboxylic acids is 2. The summed E-state index contributed by atoms with van der Waals surface area (Å²) in [5, 5.41) is 9.50. The van der Waals surface area contributed by atoms with Crippen molar-refractivity contribution in [1.82, 2.24) is 9.47 Å². The van der Waals surface area contributed by atoms with Gasteiger partial charge in [0.25, 0.3) is 11.5 Å². The van der Waals surface area contributed by atoms with Crippen molar-refractivity contribution in [1.29, 1.82) is 0 Å². The number of amides is 1. The molecule has 3 aromatic rings. The van der Waals surface area contributed by atoms with Crippen LogP contribution >= 0.6 is 35.3 Å². The summed E-state index contributed by atoms with van der Waals surface area (Å²) >= 11 is 7.92. The molecule has 3 aliphatic rings. The van der Waals surface area contributed by atoms with E-state index in [1.54, 1.807) is 11.8 Å². The number of rotatable bonds is 9. The van der Waals surface area contributed by atoms with E-state index in [0.29, 0.717) is 36.9 Å². The molecule has 1 N–H and O–H groups in total. The van der Waals surface area contributed by atoms with Crippen molar-refractivity contribution in [3.05, 3.63) is 78.7 Å². The fraction of sp³-hybridized carbons (Fsp3) is 0.394. The Labute approximate surface area is 269 Å². The van der Waals surface area contributed by atoms with Crippen LogP contribution in [0.5, 0.6) is 0 Å². The zero-order valence-corrected chi connectivity index (χ0v) is 27.2. The molecule has 2 fully saturated rings. The van der Waals surface area contributed by atoms with Gasteiger partial charge >= 0.3 is 5.97 Å². The summed E-state index contributed by atoms with van der Waals surface area (Å²) in [7, 11) is 0. The number of carbonyl (C=O) groups is 2. The van der Waals surface area contributed by atoms with Crippen LogP contribution in [0.25, 0.3) is 11.0 Å². The molecule has 44 heavy (non-hydrogen) atoms. The Morgan fingerprint density at radius 1 is 1.14 bits per heavy atom. The first kappa shape index (κ1) is 30.8. The quantitative estimate of drug-likeness (QED) is 0.270. The van der Waals surface area contributed by atoms with Gasteiger partial charge in [-0.3, -0.25) is 23.9 Å². The minimum absolute atomic E-state index is 0.0178. The molecule has 1 amide bonds. The maximum Gasteiger partial charge on any atom is 0.326 e. The second-order valence-corrected chi connectivity index (χ2v) is 13.9. The van der Waals surface area contributed by atoms with Crippen molar-refractivity contribution in [3.8, 4) is 0 Å². The largest absolute Gasteiger partial charge is 0.465 e. The second-order valence-electron chi connectivity index (χ2n) is 11.2. The van der Waals surface area contributed by atoms with Crippen LogP contribution in [0.2, 0.25) is 0 Å². The summed E-state index contributed by atoms with van der Waals surface area (Å²) in [6.45, 7) is 4.24. The van der Waals surface area contributed by atoms with E-state index in [9.17, 15) is 19.5 Å². The number of hydrogen-bond acceptors (Lipinski definition) is 9. The fourth-order valence-electron chi connectivity index (χ4n) is 6.42. The standard InChI is InChI=1S/C33H35N3O5S3/c1-3-5-15-34-31(40)29(44-33(34)42)32-35(18-28(38)41-4-2)30(39)27(43-32)17-21-11-14-26-24(16-21)23-7-6-8-25(23)36(26)22-12-9-20(19-37)10-13-22/h9-14,16-17,23,25,37H,3-8,15,18-19H2,1-2H3/b27-17+,32-29+. The number of aliphatic hydroxyl groups is 1. The number of benzene rings is 2. The molecule has 2 aromatic carbocycles. The minimum Gasteiger partial charge on any atom is -0.465 e. The first-order chi connectivity index (χ1) is 21.3. The van der Waals surface area contributed by atoms with Crippen LogP contribution in [0.3, 0.4) is 0 Å². The maximum atomic E-state index is 13.8. The molecule has 3 heterocycles. The number of fused-ring (bicyclic) bond motifs is 3. The third-order valence-electron chi connectivity index (χ3n) is 8.50. The van der Waals surface area contributed by atoms with Crippen molar-refractivity contribution < 1.29 is 19.4 Å². The van der Waals surface area contributed by atoms with Crippen LogP contribution in [0.4, 0.5) is 11.4 Å². The lowest BCUT2D eigenvalue weighted by atomic mass is 9.96. The van der Waals surface area contributed by atoms with E-state index in [2.05, 4.69) is 36.1 Å². The fourth-order valence-corrected chi connectivity index (χ4v) is 8.98. The summed E-state index contributed by atoms with van der Waals surface area (Å²) < 4.78 is 7.86. The lowest BCUT2D eigenvalue weighted by molar-refractivity contribution is -0.143. The Bertz CT molecular complexity index is 1800. The molecule has 0 spiro atoms. The van der Waals surface area contributed by atoms with Crippen molar-refractivity contribution in [2.45, 2.75) is 71.1 Å². The first-order valence-corrected chi connectivity index (χ1v) is 17.2.